The maximum atomic E-state index is 14.2. The smallest absolute Gasteiger partial charge is 0.417 e. The number of carbonyl (C=O) groups is 3. The number of nitrogens with one attached hydrogen (secondary N) is 2. The van der Waals surface area contributed by atoms with E-state index in [1.807, 2.05) is 6.07 Å². The van der Waals surface area contributed by atoms with E-state index >= 15 is 0 Å². The molecule has 0 spiro atoms. The van der Waals surface area contributed by atoms with Gasteiger partial charge >= 0.3 is 6.18 Å². The molecule has 2 atom stereocenters. The number of amides is 2. The average Bonchev–Trinajstić information content (AvgIpc) is 3.21. The molecule has 0 radical (unpaired) electrons. The summed E-state index contributed by atoms with van der Waals surface area (Å²) in [7, 11) is 1.53. The Labute approximate surface area is 281 Å². The molecule has 1 aliphatic heterocycles. The zero-order valence-corrected chi connectivity index (χ0v) is 27.4. The van der Waals surface area contributed by atoms with Gasteiger partial charge in [0.05, 0.1) is 24.3 Å². The van der Waals surface area contributed by atoms with Crippen LogP contribution in [0.4, 0.5) is 18.9 Å². The minimum absolute atomic E-state index is 0.0312. The van der Waals surface area contributed by atoms with Crippen LogP contribution < -0.4 is 20.3 Å². The molecule has 1 heterocycles. The molecular weight excluding hydrogens is 639 g/mol. The highest BCUT2D eigenvalue weighted by Crippen LogP contribution is 2.52. The van der Waals surface area contributed by atoms with Crippen molar-refractivity contribution >= 4 is 35.0 Å². The average molecular weight is 676 g/mol. The lowest BCUT2D eigenvalue weighted by Crippen LogP contribution is -2.40. The number of alkyl halides is 3. The number of thioether (sulfide) groups is 1. The van der Waals surface area contributed by atoms with Crippen LogP contribution in [0.5, 0.6) is 5.75 Å². The lowest BCUT2D eigenvalue weighted by atomic mass is 9.98. The molecule has 5 rings (SSSR count). The van der Waals surface area contributed by atoms with Gasteiger partial charge in [0.15, 0.2) is 5.78 Å². The normalized spacial score (nSPS) is 16.2. The fourth-order valence-electron chi connectivity index (χ4n) is 5.55. The largest absolute Gasteiger partial charge is 0.497 e. The fourth-order valence-corrected chi connectivity index (χ4v) is 7.03. The van der Waals surface area contributed by atoms with E-state index in [9.17, 15) is 27.6 Å². The van der Waals surface area contributed by atoms with Crippen LogP contribution in [0.1, 0.15) is 56.0 Å². The molecule has 0 saturated carbocycles. The van der Waals surface area contributed by atoms with Gasteiger partial charge in [-0.25, -0.2) is 0 Å². The van der Waals surface area contributed by atoms with E-state index in [0.29, 0.717) is 48.5 Å². The summed E-state index contributed by atoms with van der Waals surface area (Å²) < 4.78 is 47.8. The summed E-state index contributed by atoms with van der Waals surface area (Å²) in [5.41, 5.74) is 1.72. The van der Waals surface area contributed by atoms with Crippen molar-refractivity contribution in [2.45, 2.75) is 29.7 Å². The molecule has 11 heteroatoms. The fraction of sp³-hybridized carbons (Fsp3) is 0.270. The zero-order chi connectivity index (χ0) is 34.3. The summed E-state index contributed by atoms with van der Waals surface area (Å²) in [6, 6.07) is 26.4. The Morgan fingerprint density at radius 1 is 0.833 bits per heavy atom. The number of hydrogen-bond acceptors (Lipinski definition) is 6. The summed E-state index contributed by atoms with van der Waals surface area (Å²) >= 11 is 1.07. The summed E-state index contributed by atoms with van der Waals surface area (Å²) in [4.78, 5) is 40.5. The predicted octanol–water partition coefficient (Wildman–Crippen LogP) is 7.17. The Balaban J connectivity index is 1.16. The second kappa shape index (κ2) is 15.5. The van der Waals surface area contributed by atoms with Crippen molar-refractivity contribution in [1.29, 1.82) is 0 Å². The van der Waals surface area contributed by atoms with Crippen LogP contribution in [-0.4, -0.2) is 50.9 Å². The van der Waals surface area contributed by atoms with E-state index in [1.165, 1.54) is 18.1 Å². The number of halogens is 3. The molecule has 7 nitrogen and oxygen atoms in total. The number of ether oxygens (including phenoxy) is 1. The maximum absolute atomic E-state index is 14.2. The number of carbonyl (C=O) groups excluding carboxylic acids is 3. The van der Waals surface area contributed by atoms with E-state index in [2.05, 4.69) is 10.6 Å². The molecule has 48 heavy (non-hydrogen) atoms. The molecule has 2 N–H and O–H groups in total. The van der Waals surface area contributed by atoms with Crippen LogP contribution in [0.3, 0.4) is 0 Å². The van der Waals surface area contributed by atoms with Crippen molar-refractivity contribution in [3.05, 3.63) is 125 Å². The van der Waals surface area contributed by atoms with Crippen LogP contribution in [0.2, 0.25) is 0 Å². The van der Waals surface area contributed by atoms with Crippen molar-refractivity contribution in [1.82, 2.24) is 10.6 Å². The third-order valence-electron chi connectivity index (χ3n) is 8.16. The van der Waals surface area contributed by atoms with E-state index in [1.54, 1.807) is 85.8 Å². The van der Waals surface area contributed by atoms with Crippen molar-refractivity contribution < 1.29 is 32.3 Å². The van der Waals surface area contributed by atoms with Crippen LogP contribution >= 0.6 is 11.8 Å². The molecule has 0 fully saturated rings. The van der Waals surface area contributed by atoms with Gasteiger partial charge in [-0.15, -0.1) is 11.8 Å². The zero-order valence-electron chi connectivity index (χ0n) is 26.6. The predicted molar refractivity (Wildman–Crippen MR) is 181 cm³/mol. The van der Waals surface area contributed by atoms with Crippen LogP contribution in [0, 0.1) is 5.92 Å². The first-order valence-electron chi connectivity index (χ1n) is 15.6. The molecule has 0 aromatic heterocycles. The van der Waals surface area contributed by atoms with Gasteiger partial charge in [-0.2, -0.15) is 13.2 Å². The van der Waals surface area contributed by atoms with Gasteiger partial charge in [0.1, 0.15) is 5.75 Å². The second-order valence-electron chi connectivity index (χ2n) is 11.4. The van der Waals surface area contributed by atoms with Gasteiger partial charge in [-0.05, 0) is 54.9 Å². The molecule has 250 valence electrons. The molecule has 0 unspecified atom stereocenters. The lowest BCUT2D eigenvalue weighted by molar-refractivity contribution is -0.139. The minimum atomic E-state index is -4.59. The van der Waals surface area contributed by atoms with Gasteiger partial charge in [0.2, 0.25) is 5.91 Å². The number of rotatable bonds is 12. The highest BCUT2D eigenvalue weighted by atomic mass is 32.2. The molecule has 4 aromatic rings. The molecular formula is C37H36F3N3O4S. The quantitative estimate of drug-likeness (QED) is 0.122. The molecule has 4 aromatic carbocycles. The molecule has 1 aliphatic rings. The van der Waals surface area contributed by atoms with Gasteiger partial charge in [0.25, 0.3) is 5.91 Å². The summed E-state index contributed by atoms with van der Waals surface area (Å²) in [6.07, 6.45) is -4.00. The monoisotopic (exact) mass is 675 g/mol. The number of methoxy groups -OCH3 is 1. The van der Waals surface area contributed by atoms with Crippen LogP contribution in [0.15, 0.2) is 102 Å². The summed E-state index contributed by atoms with van der Waals surface area (Å²) in [5.74, 6) is -0.626. The minimum Gasteiger partial charge on any atom is -0.497 e. The Morgan fingerprint density at radius 2 is 1.50 bits per heavy atom. The maximum Gasteiger partial charge on any atom is 0.417 e. The standard InChI is InChI=1S/C37H36F3N3O4S/c1-24-33(27-16-18-29(47-2)19-17-27)48-34-30(37(38,39)40)10-6-11-31(34)43(36(24)46)23-22-41-20-7-21-42-35(45)28-14-12-26(13-15-28)32(44)25-8-4-3-5-9-25/h3-6,8-19,24,33,41H,7,20-23H2,1-2H3,(H,42,45)/t24-,33-/m1/s1. The molecule has 0 aliphatic carbocycles. The molecule has 2 amide bonds. The second-order valence-corrected chi connectivity index (χ2v) is 12.5. The van der Waals surface area contributed by atoms with E-state index in [4.69, 9.17) is 4.74 Å². The van der Waals surface area contributed by atoms with E-state index < -0.39 is 22.9 Å². The van der Waals surface area contributed by atoms with Crippen molar-refractivity contribution in [3.63, 3.8) is 0 Å². The van der Waals surface area contributed by atoms with Crippen molar-refractivity contribution in [2.24, 2.45) is 5.92 Å². The number of fused-ring (bicyclic) bond motifs is 1. The van der Waals surface area contributed by atoms with Crippen molar-refractivity contribution in [3.8, 4) is 5.75 Å². The first-order chi connectivity index (χ1) is 23.1. The van der Waals surface area contributed by atoms with Gasteiger partial charge in [0, 0.05) is 46.5 Å². The number of nitrogens with zero attached hydrogens (tertiary/aromatic N) is 1. The number of hydrogen-bond donors (Lipinski definition) is 2. The molecule has 0 bridgehead atoms. The Hall–Kier alpha value is -4.61. The first-order valence-corrected chi connectivity index (χ1v) is 16.5. The lowest BCUT2D eigenvalue weighted by Gasteiger charge is -2.26. The highest BCUT2D eigenvalue weighted by molar-refractivity contribution is 7.99. The SMILES string of the molecule is COc1ccc([C@@H]2Sc3c(cccc3C(F)(F)F)N(CCNCCCNC(=O)c3ccc(C(=O)c4ccccc4)cc3)C(=O)[C@@H]2C)cc1. The number of benzene rings is 4. The Kier molecular flexibility index (Phi) is 11.2. The Bertz CT molecular complexity index is 1730. The van der Waals surface area contributed by atoms with E-state index in [0.717, 1.165) is 23.4 Å². The van der Waals surface area contributed by atoms with Gasteiger partial charge < -0.3 is 20.3 Å². The third-order valence-corrected chi connectivity index (χ3v) is 9.76. The van der Waals surface area contributed by atoms with Crippen LogP contribution in [-0.2, 0) is 11.0 Å². The van der Waals surface area contributed by atoms with E-state index in [-0.39, 0.29) is 34.7 Å². The first kappa shape index (κ1) is 34.7. The molecule has 0 saturated heterocycles. The number of anilines is 1. The number of ketones is 1. The Morgan fingerprint density at radius 3 is 2.17 bits per heavy atom. The van der Waals surface area contributed by atoms with Crippen molar-refractivity contribution in [2.75, 3.05) is 38.2 Å². The third kappa shape index (κ3) is 8.08. The van der Waals surface area contributed by atoms with Gasteiger partial charge in [-0.3, -0.25) is 14.4 Å². The van der Waals surface area contributed by atoms with Crippen LogP contribution in [0.25, 0.3) is 0 Å². The summed E-state index contributed by atoms with van der Waals surface area (Å²) in [6.45, 7) is 3.17. The van der Waals surface area contributed by atoms with Gasteiger partial charge in [-0.1, -0.05) is 67.6 Å². The summed E-state index contributed by atoms with van der Waals surface area (Å²) in [5, 5.41) is 5.56. The highest BCUT2D eigenvalue weighted by Gasteiger charge is 2.41. The topological polar surface area (TPSA) is 87.7 Å².